The van der Waals surface area contributed by atoms with E-state index in [1.54, 1.807) is 4.90 Å². The van der Waals surface area contributed by atoms with Gasteiger partial charge >= 0.3 is 6.03 Å². The zero-order valence-corrected chi connectivity index (χ0v) is 11.6. The predicted octanol–water partition coefficient (Wildman–Crippen LogP) is -0.0902. The summed E-state index contributed by atoms with van der Waals surface area (Å²) in [6.07, 6.45) is 3.47. The molecule has 1 unspecified atom stereocenters. The highest BCUT2D eigenvalue weighted by molar-refractivity contribution is 7.79. The minimum absolute atomic E-state index is 0.0996. The maximum absolute atomic E-state index is 12.2. The van der Waals surface area contributed by atoms with Crippen LogP contribution in [0, 0.1) is 11.3 Å². The Labute approximate surface area is 118 Å². The average molecular weight is 297 g/mol. The summed E-state index contributed by atoms with van der Waals surface area (Å²) in [5.41, 5.74) is 0.338. The number of nitrogens with zero attached hydrogens (tertiary/aromatic N) is 5. The van der Waals surface area contributed by atoms with E-state index in [9.17, 15) is 9.00 Å². The molecule has 1 amide bonds. The molecule has 20 heavy (non-hydrogen) atoms. The molecule has 1 aromatic heterocycles. The van der Waals surface area contributed by atoms with Crippen LogP contribution in [0.4, 0.5) is 4.79 Å². The lowest BCUT2D eigenvalue weighted by atomic mass is 10.4. The van der Waals surface area contributed by atoms with Crippen molar-refractivity contribution in [1.29, 1.82) is 5.26 Å². The van der Waals surface area contributed by atoms with Crippen LogP contribution in [0.3, 0.4) is 0 Å². The van der Waals surface area contributed by atoms with Crippen LogP contribution in [0.5, 0.6) is 0 Å². The number of carbonyl (C=O) groups is 1. The van der Waals surface area contributed by atoms with Crippen molar-refractivity contribution in [2.45, 2.75) is 6.42 Å². The molecule has 8 nitrogen and oxygen atoms in total. The van der Waals surface area contributed by atoms with Gasteiger partial charge in [-0.3, -0.25) is 4.90 Å². The Hall–Kier alpha value is -1.76. The summed E-state index contributed by atoms with van der Waals surface area (Å²) in [6, 6.07) is 1.64. The van der Waals surface area contributed by atoms with Crippen LogP contribution in [0.2, 0.25) is 0 Å². The highest BCUT2D eigenvalue weighted by atomic mass is 32.2. The number of aromatic nitrogens is 2. The summed E-state index contributed by atoms with van der Waals surface area (Å²) in [5, 5.41) is 12.6. The standard InChI is InChI=1S/C11H15N5O3S/c12-6-10-7-13-16(8-10)11(17)15-3-1-2-14(4-5-15)9-20(18)19/h7-8H,1-5,9H2,(H,18,19). The SMILES string of the molecule is N#Cc1cnn(C(=O)N2CCCN(CS(=O)O)CC2)c1. The van der Waals surface area contributed by atoms with Gasteiger partial charge < -0.3 is 9.45 Å². The van der Waals surface area contributed by atoms with Gasteiger partial charge in [-0.2, -0.15) is 15.0 Å². The Morgan fingerprint density at radius 3 is 2.90 bits per heavy atom. The van der Waals surface area contributed by atoms with Crippen LogP contribution in [-0.2, 0) is 11.1 Å². The van der Waals surface area contributed by atoms with Gasteiger partial charge in [0.25, 0.3) is 0 Å². The third-order valence-electron chi connectivity index (χ3n) is 3.06. The van der Waals surface area contributed by atoms with Gasteiger partial charge in [-0.05, 0) is 6.42 Å². The first-order chi connectivity index (χ1) is 9.60. The number of rotatable bonds is 2. The van der Waals surface area contributed by atoms with Crippen molar-refractivity contribution in [2.75, 3.05) is 32.1 Å². The minimum Gasteiger partial charge on any atom is -0.322 e. The van der Waals surface area contributed by atoms with Crippen molar-refractivity contribution in [2.24, 2.45) is 0 Å². The molecule has 1 fully saturated rings. The first-order valence-electron chi connectivity index (χ1n) is 6.14. The first-order valence-corrected chi connectivity index (χ1v) is 7.41. The number of carbonyl (C=O) groups excluding carboxylic acids is 1. The molecule has 1 aromatic rings. The van der Waals surface area contributed by atoms with Gasteiger partial charge in [0.1, 0.15) is 11.9 Å². The van der Waals surface area contributed by atoms with Crippen molar-refractivity contribution in [3.05, 3.63) is 18.0 Å². The number of hydrogen-bond donors (Lipinski definition) is 1. The smallest absolute Gasteiger partial charge is 0.322 e. The monoisotopic (exact) mass is 297 g/mol. The lowest BCUT2D eigenvalue weighted by molar-refractivity contribution is 0.197. The summed E-state index contributed by atoms with van der Waals surface area (Å²) in [6.45, 7) is 2.26. The largest absolute Gasteiger partial charge is 0.344 e. The van der Waals surface area contributed by atoms with E-state index < -0.39 is 11.1 Å². The van der Waals surface area contributed by atoms with Crippen LogP contribution < -0.4 is 0 Å². The summed E-state index contributed by atoms with van der Waals surface area (Å²) < 4.78 is 20.8. The van der Waals surface area contributed by atoms with Crippen molar-refractivity contribution in [3.63, 3.8) is 0 Å². The molecule has 1 N–H and O–H groups in total. The van der Waals surface area contributed by atoms with E-state index in [0.717, 1.165) is 11.1 Å². The van der Waals surface area contributed by atoms with E-state index in [-0.39, 0.29) is 11.9 Å². The summed E-state index contributed by atoms with van der Waals surface area (Å²) in [5.74, 6) is 0.0996. The van der Waals surface area contributed by atoms with E-state index in [0.29, 0.717) is 31.7 Å². The third-order valence-corrected chi connectivity index (χ3v) is 3.65. The molecule has 0 spiro atoms. The molecule has 108 valence electrons. The molecule has 0 saturated carbocycles. The molecule has 1 saturated heterocycles. The Kier molecular flexibility index (Phi) is 4.84. The zero-order chi connectivity index (χ0) is 14.5. The molecule has 1 aliphatic rings. The zero-order valence-electron chi connectivity index (χ0n) is 10.8. The molecule has 0 radical (unpaired) electrons. The summed E-state index contributed by atoms with van der Waals surface area (Å²) in [7, 11) is 0. The maximum atomic E-state index is 12.2. The second kappa shape index (κ2) is 6.60. The Balaban J connectivity index is 1.98. The van der Waals surface area contributed by atoms with E-state index in [1.165, 1.54) is 12.4 Å². The second-order valence-electron chi connectivity index (χ2n) is 4.48. The van der Waals surface area contributed by atoms with Crippen LogP contribution in [0.1, 0.15) is 12.0 Å². The lowest BCUT2D eigenvalue weighted by Gasteiger charge is -2.20. The van der Waals surface area contributed by atoms with Gasteiger partial charge in [0.05, 0.1) is 18.0 Å². The van der Waals surface area contributed by atoms with E-state index in [4.69, 9.17) is 9.81 Å². The van der Waals surface area contributed by atoms with Gasteiger partial charge in [0, 0.05) is 26.2 Å². The lowest BCUT2D eigenvalue weighted by Crippen LogP contribution is -2.38. The third kappa shape index (κ3) is 3.63. The minimum atomic E-state index is -1.86. The van der Waals surface area contributed by atoms with E-state index in [2.05, 4.69) is 5.10 Å². The molecule has 0 aromatic carbocycles. The molecule has 2 heterocycles. The van der Waals surface area contributed by atoms with Crippen LogP contribution in [0.15, 0.2) is 12.4 Å². The highest BCUT2D eigenvalue weighted by Crippen LogP contribution is 2.06. The highest BCUT2D eigenvalue weighted by Gasteiger charge is 2.21. The molecule has 1 atom stereocenters. The van der Waals surface area contributed by atoms with Gasteiger partial charge in [-0.15, -0.1) is 0 Å². The Bertz CT molecular complexity index is 552. The molecule has 2 rings (SSSR count). The molecular formula is C11H15N5O3S. The van der Waals surface area contributed by atoms with E-state index in [1.807, 2.05) is 11.0 Å². The number of hydrogen-bond acceptors (Lipinski definition) is 5. The number of amides is 1. The van der Waals surface area contributed by atoms with Gasteiger partial charge in [0.2, 0.25) is 0 Å². The molecular weight excluding hydrogens is 282 g/mol. The molecule has 1 aliphatic heterocycles. The van der Waals surface area contributed by atoms with Gasteiger partial charge in [-0.25, -0.2) is 9.00 Å². The topological polar surface area (TPSA) is 102 Å². The normalized spacial score (nSPS) is 18.3. The fourth-order valence-corrected chi connectivity index (χ4v) is 2.65. The van der Waals surface area contributed by atoms with Crippen molar-refractivity contribution in [3.8, 4) is 6.07 Å². The van der Waals surface area contributed by atoms with Crippen molar-refractivity contribution >= 4 is 17.1 Å². The summed E-state index contributed by atoms with van der Waals surface area (Å²) >= 11 is -1.86. The van der Waals surface area contributed by atoms with Gasteiger partial charge in [0.15, 0.2) is 11.1 Å². The number of nitriles is 1. The Morgan fingerprint density at radius 2 is 2.25 bits per heavy atom. The second-order valence-corrected chi connectivity index (χ2v) is 5.38. The predicted molar refractivity (Wildman–Crippen MR) is 71.1 cm³/mol. The van der Waals surface area contributed by atoms with Crippen molar-refractivity contribution in [1.82, 2.24) is 19.6 Å². The van der Waals surface area contributed by atoms with Crippen LogP contribution in [0.25, 0.3) is 0 Å². The molecule has 0 aliphatic carbocycles. The van der Waals surface area contributed by atoms with Gasteiger partial charge in [-0.1, -0.05) is 0 Å². The molecule has 9 heteroatoms. The van der Waals surface area contributed by atoms with Crippen LogP contribution >= 0.6 is 0 Å². The maximum Gasteiger partial charge on any atom is 0.344 e. The fraction of sp³-hybridized carbons (Fsp3) is 0.545. The Morgan fingerprint density at radius 1 is 1.45 bits per heavy atom. The molecule has 0 bridgehead atoms. The fourth-order valence-electron chi connectivity index (χ4n) is 2.08. The summed E-state index contributed by atoms with van der Waals surface area (Å²) in [4.78, 5) is 15.7. The van der Waals surface area contributed by atoms with Crippen LogP contribution in [-0.4, -0.2) is 66.4 Å². The quantitative estimate of drug-likeness (QED) is 0.765. The first kappa shape index (κ1) is 14.6. The average Bonchev–Trinajstić information content (AvgIpc) is 2.78. The van der Waals surface area contributed by atoms with E-state index >= 15 is 0 Å². The van der Waals surface area contributed by atoms with Crippen molar-refractivity contribution < 1.29 is 13.6 Å².